The van der Waals surface area contributed by atoms with E-state index in [-0.39, 0.29) is 4.90 Å². The van der Waals surface area contributed by atoms with Gasteiger partial charge in [-0.3, -0.25) is 0 Å². The molecule has 0 saturated heterocycles. The van der Waals surface area contributed by atoms with Gasteiger partial charge in [-0.2, -0.15) is 0 Å². The zero-order valence-corrected chi connectivity index (χ0v) is 13.2. The average Bonchev–Trinajstić information content (AvgIpc) is 3.02. The molecule has 0 unspecified atom stereocenters. The largest absolute Gasteiger partial charge is 0.349 e. The summed E-state index contributed by atoms with van der Waals surface area (Å²) >= 11 is 1.55. The number of aromatic nitrogens is 1. The Labute approximate surface area is 123 Å². The van der Waals surface area contributed by atoms with Crippen LogP contribution in [0, 0.1) is 6.92 Å². The van der Waals surface area contributed by atoms with Gasteiger partial charge in [0.1, 0.15) is 0 Å². The van der Waals surface area contributed by atoms with Gasteiger partial charge < -0.3 is 10.3 Å². The van der Waals surface area contributed by atoms with E-state index < -0.39 is 10.0 Å². The number of sulfonamides is 1. The lowest BCUT2D eigenvalue weighted by molar-refractivity contribution is 0.581. The van der Waals surface area contributed by atoms with Crippen LogP contribution in [-0.2, 0) is 29.7 Å². The van der Waals surface area contributed by atoms with Crippen LogP contribution < -0.4 is 10.5 Å². The third kappa shape index (κ3) is 3.12. The second-order valence-corrected chi connectivity index (χ2v) is 7.28. The van der Waals surface area contributed by atoms with Crippen molar-refractivity contribution in [3.05, 3.63) is 39.8 Å². The van der Waals surface area contributed by atoms with Crippen LogP contribution in [0.1, 0.15) is 23.1 Å². The van der Waals surface area contributed by atoms with Gasteiger partial charge in [-0.15, -0.1) is 11.3 Å². The zero-order chi connectivity index (χ0) is 14.8. The Hall–Kier alpha value is -1.15. The number of hydrogen-bond acceptors (Lipinski definition) is 4. The van der Waals surface area contributed by atoms with Crippen molar-refractivity contribution < 1.29 is 8.42 Å². The topological polar surface area (TPSA) is 77.1 Å². The van der Waals surface area contributed by atoms with Crippen LogP contribution >= 0.6 is 11.3 Å². The maximum Gasteiger partial charge on any atom is 0.242 e. The second-order valence-electron chi connectivity index (χ2n) is 4.51. The van der Waals surface area contributed by atoms with Crippen molar-refractivity contribution in [2.24, 2.45) is 5.73 Å². The van der Waals surface area contributed by atoms with Crippen molar-refractivity contribution in [3.63, 3.8) is 0 Å². The van der Waals surface area contributed by atoms with E-state index in [9.17, 15) is 8.42 Å². The molecule has 110 valence electrons. The fourth-order valence-corrected chi connectivity index (χ4v) is 3.96. The van der Waals surface area contributed by atoms with E-state index in [1.54, 1.807) is 23.6 Å². The van der Waals surface area contributed by atoms with Crippen molar-refractivity contribution >= 4 is 21.4 Å². The Kier molecular flexibility index (Phi) is 4.64. The molecule has 0 fully saturated rings. The first-order chi connectivity index (χ1) is 9.47. The summed E-state index contributed by atoms with van der Waals surface area (Å²) in [6, 6.07) is 3.61. The highest BCUT2D eigenvalue weighted by atomic mass is 32.2. The molecule has 0 aliphatic rings. The van der Waals surface area contributed by atoms with Crippen LogP contribution in [0.5, 0.6) is 0 Å². The molecule has 2 rings (SSSR count). The van der Waals surface area contributed by atoms with Gasteiger partial charge in [-0.05, 0) is 36.9 Å². The quantitative estimate of drug-likeness (QED) is 0.854. The highest BCUT2D eigenvalue weighted by molar-refractivity contribution is 7.89. The maximum atomic E-state index is 12.3. The van der Waals surface area contributed by atoms with Gasteiger partial charge in [0, 0.05) is 36.4 Å². The number of thiophene rings is 1. The van der Waals surface area contributed by atoms with Gasteiger partial charge in [0.25, 0.3) is 0 Å². The van der Waals surface area contributed by atoms with E-state index in [1.807, 2.05) is 29.9 Å². The highest BCUT2D eigenvalue weighted by Gasteiger charge is 2.18. The first kappa shape index (κ1) is 15.2. The third-order valence-electron chi connectivity index (χ3n) is 3.21. The summed E-state index contributed by atoms with van der Waals surface area (Å²) in [5, 5.41) is 1.96. The normalized spacial score (nSPS) is 11.9. The van der Waals surface area contributed by atoms with E-state index in [0.29, 0.717) is 19.6 Å². The minimum atomic E-state index is -3.49. The zero-order valence-electron chi connectivity index (χ0n) is 11.6. The molecule has 0 aliphatic heterocycles. The average molecular weight is 313 g/mol. The molecule has 3 N–H and O–H groups in total. The summed E-state index contributed by atoms with van der Waals surface area (Å²) in [6.45, 7) is 5.28. The minimum absolute atomic E-state index is 0.272. The number of nitrogens with two attached hydrogens (primary N) is 1. The van der Waals surface area contributed by atoms with Gasteiger partial charge in [-0.25, -0.2) is 13.1 Å². The Balaban J connectivity index is 2.18. The lowest BCUT2D eigenvalue weighted by atomic mass is 10.3. The second kappa shape index (κ2) is 6.09. The standard InChI is InChI=1S/C13H19N3O2S2/c1-3-16-9-12(6-11(16)7-14)20(17,18)15-8-13-10(2)4-5-19-13/h4-6,9,15H,3,7-8,14H2,1-2H3. The van der Waals surface area contributed by atoms with E-state index in [0.717, 1.165) is 16.1 Å². The van der Waals surface area contributed by atoms with E-state index in [2.05, 4.69) is 4.72 Å². The Morgan fingerprint density at radius 3 is 2.70 bits per heavy atom. The lowest BCUT2D eigenvalue weighted by Gasteiger charge is -2.04. The number of rotatable bonds is 6. The molecule has 0 atom stereocenters. The van der Waals surface area contributed by atoms with Crippen LogP contribution in [-0.4, -0.2) is 13.0 Å². The minimum Gasteiger partial charge on any atom is -0.349 e. The SMILES string of the molecule is CCn1cc(S(=O)(=O)NCc2sccc2C)cc1CN. The molecule has 0 bridgehead atoms. The Morgan fingerprint density at radius 2 is 2.20 bits per heavy atom. The fourth-order valence-electron chi connectivity index (χ4n) is 1.97. The summed E-state index contributed by atoms with van der Waals surface area (Å²) in [6.07, 6.45) is 1.63. The summed E-state index contributed by atoms with van der Waals surface area (Å²) < 4.78 is 29.0. The highest BCUT2D eigenvalue weighted by Crippen LogP contribution is 2.18. The summed E-state index contributed by atoms with van der Waals surface area (Å²) in [7, 11) is -3.49. The van der Waals surface area contributed by atoms with E-state index in [1.165, 1.54) is 0 Å². The summed E-state index contributed by atoms with van der Waals surface area (Å²) in [4.78, 5) is 1.30. The fraction of sp³-hybridized carbons (Fsp3) is 0.385. The molecular weight excluding hydrogens is 294 g/mol. The lowest BCUT2D eigenvalue weighted by Crippen LogP contribution is -2.22. The predicted molar refractivity (Wildman–Crippen MR) is 81.1 cm³/mol. The number of nitrogens with one attached hydrogen (secondary N) is 1. The molecule has 5 nitrogen and oxygen atoms in total. The summed E-state index contributed by atoms with van der Waals surface area (Å²) in [5.74, 6) is 0. The molecule has 0 radical (unpaired) electrons. The summed E-state index contributed by atoms with van der Waals surface area (Å²) in [5.41, 5.74) is 7.54. The monoisotopic (exact) mass is 313 g/mol. The van der Waals surface area contributed by atoms with Gasteiger partial charge in [0.15, 0.2) is 0 Å². The van der Waals surface area contributed by atoms with Gasteiger partial charge in [-0.1, -0.05) is 0 Å². The van der Waals surface area contributed by atoms with Crippen LogP contribution in [0.2, 0.25) is 0 Å². The van der Waals surface area contributed by atoms with E-state index >= 15 is 0 Å². The number of hydrogen-bond donors (Lipinski definition) is 2. The molecule has 0 aliphatic carbocycles. The van der Waals surface area contributed by atoms with Gasteiger partial charge >= 0.3 is 0 Å². The molecule has 0 spiro atoms. The van der Waals surface area contributed by atoms with Crippen molar-refractivity contribution in [1.29, 1.82) is 0 Å². The van der Waals surface area contributed by atoms with Gasteiger partial charge in [0.05, 0.1) is 4.90 Å². The molecule has 20 heavy (non-hydrogen) atoms. The third-order valence-corrected chi connectivity index (χ3v) is 5.60. The van der Waals surface area contributed by atoms with Crippen molar-refractivity contribution in [3.8, 4) is 0 Å². The Bertz CT molecular complexity index is 665. The number of nitrogens with zero attached hydrogens (tertiary/aromatic N) is 1. The smallest absolute Gasteiger partial charge is 0.242 e. The van der Waals surface area contributed by atoms with E-state index in [4.69, 9.17) is 5.73 Å². The molecule has 0 saturated carbocycles. The molecule has 2 aromatic heterocycles. The molecule has 7 heteroatoms. The van der Waals surface area contributed by atoms with Crippen LogP contribution in [0.4, 0.5) is 0 Å². The first-order valence-electron chi connectivity index (χ1n) is 6.39. The number of aryl methyl sites for hydroxylation is 2. The van der Waals surface area contributed by atoms with Gasteiger partial charge in [0.2, 0.25) is 10.0 Å². The van der Waals surface area contributed by atoms with Crippen molar-refractivity contribution in [2.45, 2.75) is 38.4 Å². The van der Waals surface area contributed by atoms with Crippen molar-refractivity contribution in [1.82, 2.24) is 9.29 Å². The van der Waals surface area contributed by atoms with Crippen LogP contribution in [0.25, 0.3) is 0 Å². The predicted octanol–water partition coefficient (Wildman–Crippen LogP) is 1.82. The van der Waals surface area contributed by atoms with Crippen LogP contribution in [0.3, 0.4) is 0 Å². The van der Waals surface area contributed by atoms with Crippen molar-refractivity contribution in [2.75, 3.05) is 0 Å². The molecule has 0 amide bonds. The van der Waals surface area contributed by atoms with Crippen LogP contribution in [0.15, 0.2) is 28.6 Å². The molecule has 2 aromatic rings. The maximum absolute atomic E-state index is 12.3. The first-order valence-corrected chi connectivity index (χ1v) is 8.76. The Morgan fingerprint density at radius 1 is 1.45 bits per heavy atom. The molecule has 2 heterocycles. The molecule has 0 aromatic carbocycles. The molecular formula is C13H19N3O2S2.